The fourth-order valence-electron chi connectivity index (χ4n) is 3.39. The molecule has 2 fully saturated rings. The molecule has 116 valence electrons. The van der Waals surface area contributed by atoms with Crippen molar-refractivity contribution in [1.82, 2.24) is 15.3 Å². The van der Waals surface area contributed by atoms with Crippen molar-refractivity contribution in [3.05, 3.63) is 0 Å². The number of hydrogen-bond acceptors (Lipinski definition) is 4. The van der Waals surface area contributed by atoms with Gasteiger partial charge in [-0.3, -0.25) is 10.0 Å². The first-order valence-electron chi connectivity index (χ1n) is 8.15. The topological polar surface area (TPSA) is 55.8 Å². The Hall–Kier alpha value is -0.650. The first-order valence-corrected chi connectivity index (χ1v) is 8.15. The van der Waals surface area contributed by atoms with Crippen molar-refractivity contribution in [1.29, 1.82) is 0 Å². The highest BCUT2D eigenvalue weighted by Gasteiger charge is 2.19. The standard InChI is InChI=1S/C15H29N3O2/c19-15(16-20)7-9-18-12-10-17(11-13-18)8-6-14-4-2-1-3-5-14/h14,20H,1-13H2,(H,16,19). The zero-order chi connectivity index (χ0) is 14.2. The van der Waals surface area contributed by atoms with Crippen LogP contribution in [0.3, 0.4) is 0 Å². The molecule has 5 heteroatoms. The van der Waals surface area contributed by atoms with Crippen molar-refractivity contribution in [3.63, 3.8) is 0 Å². The first kappa shape index (κ1) is 15.7. The molecule has 1 heterocycles. The van der Waals surface area contributed by atoms with Crippen LogP contribution in [0.4, 0.5) is 0 Å². The van der Waals surface area contributed by atoms with Crippen LogP contribution in [0.2, 0.25) is 0 Å². The maximum Gasteiger partial charge on any atom is 0.244 e. The quantitative estimate of drug-likeness (QED) is 0.572. The van der Waals surface area contributed by atoms with Gasteiger partial charge >= 0.3 is 0 Å². The van der Waals surface area contributed by atoms with Crippen LogP contribution in [0.25, 0.3) is 0 Å². The highest BCUT2D eigenvalue weighted by atomic mass is 16.5. The summed E-state index contributed by atoms with van der Waals surface area (Å²) in [5.74, 6) is 0.680. The van der Waals surface area contributed by atoms with Crippen LogP contribution in [0.1, 0.15) is 44.9 Å². The number of nitrogens with one attached hydrogen (secondary N) is 1. The molecule has 0 spiro atoms. The van der Waals surface area contributed by atoms with Crippen molar-refractivity contribution in [2.24, 2.45) is 5.92 Å². The number of rotatable bonds is 6. The smallest absolute Gasteiger partial charge is 0.244 e. The molecular formula is C15H29N3O2. The summed E-state index contributed by atoms with van der Waals surface area (Å²) < 4.78 is 0. The number of piperazine rings is 1. The van der Waals surface area contributed by atoms with Gasteiger partial charge in [0.05, 0.1) is 0 Å². The lowest BCUT2D eigenvalue weighted by atomic mass is 9.87. The predicted molar refractivity (Wildman–Crippen MR) is 78.6 cm³/mol. The summed E-state index contributed by atoms with van der Waals surface area (Å²) in [7, 11) is 0. The average Bonchev–Trinajstić information content (AvgIpc) is 2.52. The van der Waals surface area contributed by atoms with Crippen LogP contribution in [-0.2, 0) is 4.79 Å². The van der Waals surface area contributed by atoms with Crippen LogP contribution >= 0.6 is 0 Å². The summed E-state index contributed by atoms with van der Waals surface area (Å²) in [6, 6.07) is 0. The van der Waals surface area contributed by atoms with Crippen LogP contribution in [0.15, 0.2) is 0 Å². The second-order valence-corrected chi connectivity index (χ2v) is 6.26. The molecule has 2 rings (SSSR count). The summed E-state index contributed by atoms with van der Waals surface area (Å²) in [6.07, 6.45) is 8.95. The molecule has 0 aromatic rings. The maximum absolute atomic E-state index is 11.0. The third kappa shape index (κ3) is 5.38. The SMILES string of the molecule is O=C(CCN1CCN(CCC2CCCCC2)CC1)NO. The van der Waals surface area contributed by atoms with E-state index in [1.807, 2.05) is 0 Å². The van der Waals surface area contributed by atoms with Gasteiger partial charge in [-0.05, 0) is 18.9 Å². The van der Waals surface area contributed by atoms with Gasteiger partial charge in [0.1, 0.15) is 0 Å². The molecule has 0 unspecified atom stereocenters. The third-order valence-electron chi connectivity index (χ3n) is 4.82. The molecule has 0 atom stereocenters. The first-order chi connectivity index (χ1) is 9.78. The molecule has 0 bridgehead atoms. The van der Waals surface area contributed by atoms with E-state index < -0.39 is 0 Å². The number of carbonyl (C=O) groups is 1. The van der Waals surface area contributed by atoms with Crippen molar-refractivity contribution >= 4 is 5.91 Å². The third-order valence-corrected chi connectivity index (χ3v) is 4.82. The Morgan fingerprint density at radius 1 is 1.00 bits per heavy atom. The van der Waals surface area contributed by atoms with E-state index in [-0.39, 0.29) is 5.91 Å². The van der Waals surface area contributed by atoms with Gasteiger partial charge in [0, 0.05) is 39.1 Å². The van der Waals surface area contributed by atoms with Gasteiger partial charge in [0.15, 0.2) is 0 Å². The Balaban J connectivity index is 1.55. The van der Waals surface area contributed by atoms with E-state index >= 15 is 0 Å². The molecule has 0 radical (unpaired) electrons. The van der Waals surface area contributed by atoms with Crippen LogP contribution in [0, 0.1) is 5.92 Å². The van der Waals surface area contributed by atoms with Gasteiger partial charge in [0.2, 0.25) is 5.91 Å². The monoisotopic (exact) mass is 283 g/mol. The van der Waals surface area contributed by atoms with E-state index in [1.54, 1.807) is 5.48 Å². The Morgan fingerprint density at radius 3 is 2.20 bits per heavy atom. The molecule has 2 N–H and O–H groups in total. The average molecular weight is 283 g/mol. The minimum atomic E-state index is -0.287. The Morgan fingerprint density at radius 2 is 1.60 bits per heavy atom. The van der Waals surface area contributed by atoms with Crippen LogP contribution in [0.5, 0.6) is 0 Å². The van der Waals surface area contributed by atoms with E-state index in [0.29, 0.717) is 6.42 Å². The molecule has 2 aliphatic rings. The Bertz CT molecular complexity index is 285. The van der Waals surface area contributed by atoms with Crippen LogP contribution < -0.4 is 5.48 Å². The van der Waals surface area contributed by atoms with Gasteiger partial charge in [-0.1, -0.05) is 32.1 Å². The summed E-state index contributed by atoms with van der Waals surface area (Å²) in [5.41, 5.74) is 1.69. The normalized spacial score (nSPS) is 22.9. The Kier molecular flexibility index (Phi) is 6.76. The molecule has 1 aliphatic heterocycles. The molecule has 1 aliphatic carbocycles. The van der Waals surface area contributed by atoms with E-state index in [4.69, 9.17) is 5.21 Å². The number of nitrogens with zero attached hydrogens (tertiary/aromatic N) is 2. The van der Waals surface area contributed by atoms with Gasteiger partial charge in [-0.25, -0.2) is 5.48 Å². The highest BCUT2D eigenvalue weighted by molar-refractivity contribution is 5.74. The number of amides is 1. The molecule has 1 saturated heterocycles. The van der Waals surface area contributed by atoms with Gasteiger partial charge in [0.25, 0.3) is 0 Å². The van der Waals surface area contributed by atoms with E-state index in [0.717, 1.165) is 38.6 Å². The molecule has 0 aromatic carbocycles. The van der Waals surface area contributed by atoms with E-state index in [2.05, 4.69) is 9.80 Å². The molecule has 20 heavy (non-hydrogen) atoms. The summed E-state index contributed by atoms with van der Waals surface area (Å²) in [6.45, 7) is 6.33. The lowest BCUT2D eigenvalue weighted by molar-refractivity contribution is -0.129. The second kappa shape index (κ2) is 8.60. The summed E-state index contributed by atoms with van der Waals surface area (Å²) >= 11 is 0. The lowest BCUT2D eigenvalue weighted by Crippen LogP contribution is -2.47. The number of carbonyl (C=O) groups excluding carboxylic acids is 1. The molecule has 5 nitrogen and oxygen atoms in total. The minimum absolute atomic E-state index is 0.287. The van der Waals surface area contributed by atoms with Crippen LogP contribution in [-0.4, -0.2) is 60.2 Å². The fraction of sp³-hybridized carbons (Fsp3) is 0.933. The maximum atomic E-state index is 11.0. The van der Waals surface area contributed by atoms with Gasteiger partial charge in [-0.2, -0.15) is 0 Å². The van der Waals surface area contributed by atoms with Gasteiger partial charge in [-0.15, -0.1) is 0 Å². The van der Waals surface area contributed by atoms with Crippen molar-refractivity contribution < 1.29 is 10.0 Å². The molecule has 0 aromatic heterocycles. The van der Waals surface area contributed by atoms with Crippen molar-refractivity contribution in [2.45, 2.75) is 44.9 Å². The molecular weight excluding hydrogens is 254 g/mol. The minimum Gasteiger partial charge on any atom is -0.301 e. The molecule has 1 amide bonds. The Labute approximate surface area is 122 Å². The number of hydroxylamine groups is 1. The fourth-order valence-corrected chi connectivity index (χ4v) is 3.39. The predicted octanol–water partition coefficient (Wildman–Crippen LogP) is 1.47. The number of hydrogen-bond donors (Lipinski definition) is 2. The van der Waals surface area contributed by atoms with Crippen molar-refractivity contribution in [3.8, 4) is 0 Å². The zero-order valence-electron chi connectivity index (χ0n) is 12.5. The highest BCUT2D eigenvalue weighted by Crippen LogP contribution is 2.26. The van der Waals surface area contributed by atoms with Crippen molar-refractivity contribution in [2.75, 3.05) is 39.3 Å². The largest absolute Gasteiger partial charge is 0.301 e. The summed E-state index contributed by atoms with van der Waals surface area (Å²) in [4.78, 5) is 15.9. The second-order valence-electron chi connectivity index (χ2n) is 6.26. The lowest BCUT2D eigenvalue weighted by Gasteiger charge is -2.35. The molecule has 1 saturated carbocycles. The van der Waals surface area contributed by atoms with Gasteiger partial charge < -0.3 is 9.80 Å². The zero-order valence-corrected chi connectivity index (χ0v) is 12.5. The van der Waals surface area contributed by atoms with E-state index in [9.17, 15) is 4.79 Å². The van der Waals surface area contributed by atoms with E-state index in [1.165, 1.54) is 45.1 Å². The summed E-state index contributed by atoms with van der Waals surface area (Å²) in [5, 5.41) is 8.47.